The van der Waals surface area contributed by atoms with Crippen LogP contribution in [0.25, 0.3) is 0 Å². The number of likely N-dealkylation sites (tertiary alicyclic amines) is 1. The lowest BCUT2D eigenvalue weighted by atomic mass is 9.88. The van der Waals surface area contributed by atoms with E-state index in [2.05, 4.69) is 34.5 Å². The number of nitrogens with one attached hydrogen (secondary N) is 1. The first kappa shape index (κ1) is 19.9. The van der Waals surface area contributed by atoms with Crippen LogP contribution in [0, 0.1) is 0 Å². The first-order chi connectivity index (χ1) is 12.2. The first-order valence-corrected chi connectivity index (χ1v) is 9.91. The monoisotopic (exact) mass is 346 g/mol. The summed E-state index contributed by atoms with van der Waals surface area (Å²) in [6.07, 6.45) is 7.55. The van der Waals surface area contributed by atoms with Crippen LogP contribution in [0.4, 0.5) is 0 Å². The molecule has 1 saturated heterocycles. The molecule has 2 rings (SSSR count). The highest BCUT2D eigenvalue weighted by Gasteiger charge is 2.20. The van der Waals surface area contributed by atoms with Crippen molar-refractivity contribution >= 4 is 5.91 Å². The number of carbonyl (C=O) groups is 1. The number of piperidine rings is 1. The van der Waals surface area contributed by atoms with Gasteiger partial charge in [0.1, 0.15) is 0 Å². The van der Waals surface area contributed by atoms with Crippen LogP contribution in [-0.4, -0.2) is 42.2 Å². The maximum atomic E-state index is 11.4. The quantitative estimate of drug-likeness (QED) is 0.638. The van der Waals surface area contributed by atoms with Gasteiger partial charge in [-0.05, 0) is 62.4 Å². The van der Waals surface area contributed by atoms with Gasteiger partial charge in [-0.1, -0.05) is 44.0 Å². The molecule has 0 bridgehead atoms. The summed E-state index contributed by atoms with van der Waals surface area (Å²) in [5.74, 6) is 0.755. The zero-order valence-electron chi connectivity index (χ0n) is 15.7. The zero-order valence-corrected chi connectivity index (χ0v) is 15.7. The number of carbonyl (C=O) groups excluding carboxylic acids is 1. The number of nitrogens with zero attached hydrogens (tertiary/aromatic N) is 1. The van der Waals surface area contributed by atoms with E-state index in [1.807, 2.05) is 6.92 Å². The molecule has 0 radical (unpaired) electrons. The topological polar surface area (TPSA) is 52.6 Å². The van der Waals surface area contributed by atoms with Gasteiger partial charge in [-0.15, -0.1) is 0 Å². The molecule has 1 aliphatic heterocycles. The summed E-state index contributed by atoms with van der Waals surface area (Å²) in [5.41, 5.74) is 2.62. The van der Waals surface area contributed by atoms with Crippen LogP contribution >= 0.6 is 0 Å². The van der Waals surface area contributed by atoms with Crippen LogP contribution in [0.5, 0.6) is 0 Å². The van der Waals surface area contributed by atoms with E-state index >= 15 is 0 Å². The van der Waals surface area contributed by atoms with E-state index in [0.717, 1.165) is 12.8 Å². The number of benzene rings is 1. The van der Waals surface area contributed by atoms with Crippen molar-refractivity contribution in [1.29, 1.82) is 0 Å². The van der Waals surface area contributed by atoms with Crippen LogP contribution < -0.4 is 5.32 Å². The second-order valence-corrected chi connectivity index (χ2v) is 7.13. The van der Waals surface area contributed by atoms with Crippen LogP contribution in [-0.2, 0) is 11.3 Å². The lowest BCUT2D eigenvalue weighted by Crippen LogP contribution is -2.33. The fourth-order valence-electron chi connectivity index (χ4n) is 3.57. The van der Waals surface area contributed by atoms with Crippen LogP contribution in [0.15, 0.2) is 24.3 Å². The minimum Gasteiger partial charge on any atom is -0.396 e. The Morgan fingerprint density at radius 3 is 2.68 bits per heavy atom. The molecule has 1 amide bonds. The van der Waals surface area contributed by atoms with E-state index in [1.165, 1.54) is 56.4 Å². The molecule has 0 spiro atoms. The Morgan fingerprint density at radius 1 is 1.20 bits per heavy atom. The Balaban J connectivity index is 1.73. The van der Waals surface area contributed by atoms with Crippen molar-refractivity contribution in [2.24, 2.45) is 0 Å². The third-order valence-corrected chi connectivity index (χ3v) is 5.20. The second kappa shape index (κ2) is 11.3. The molecule has 1 heterocycles. The fourth-order valence-corrected chi connectivity index (χ4v) is 3.57. The summed E-state index contributed by atoms with van der Waals surface area (Å²) in [5, 5.41) is 11.8. The largest absolute Gasteiger partial charge is 0.396 e. The molecule has 0 aromatic heterocycles. The van der Waals surface area contributed by atoms with Crippen molar-refractivity contribution in [2.45, 2.75) is 64.3 Å². The highest BCUT2D eigenvalue weighted by molar-refractivity contribution is 5.75. The number of hydrogen-bond donors (Lipinski definition) is 2. The second-order valence-electron chi connectivity index (χ2n) is 7.13. The van der Waals surface area contributed by atoms with E-state index in [-0.39, 0.29) is 5.91 Å². The van der Waals surface area contributed by atoms with Crippen molar-refractivity contribution in [3.63, 3.8) is 0 Å². The van der Waals surface area contributed by atoms with Crippen LogP contribution in [0.2, 0.25) is 0 Å². The molecular weight excluding hydrogens is 312 g/mol. The van der Waals surface area contributed by atoms with Gasteiger partial charge in [-0.25, -0.2) is 0 Å². The van der Waals surface area contributed by atoms with Crippen molar-refractivity contribution in [3.05, 3.63) is 35.4 Å². The van der Waals surface area contributed by atoms with Crippen molar-refractivity contribution in [3.8, 4) is 0 Å². The molecule has 0 unspecified atom stereocenters. The SMILES string of the molecule is CCC(=O)NCc1cccc(C2CCN(CCCCCCO)CC2)c1. The lowest BCUT2D eigenvalue weighted by Gasteiger charge is -2.32. The highest BCUT2D eigenvalue weighted by Crippen LogP contribution is 2.28. The predicted octanol–water partition coefficient (Wildman–Crippen LogP) is 3.44. The number of amides is 1. The van der Waals surface area contributed by atoms with E-state index in [4.69, 9.17) is 5.11 Å². The first-order valence-electron chi connectivity index (χ1n) is 9.91. The zero-order chi connectivity index (χ0) is 17.9. The van der Waals surface area contributed by atoms with Gasteiger partial charge < -0.3 is 15.3 Å². The molecule has 0 atom stereocenters. The van der Waals surface area contributed by atoms with Gasteiger partial charge in [0.2, 0.25) is 5.91 Å². The third kappa shape index (κ3) is 7.17. The summed E-state index contributed by atoms with van der Waals surface area (Å²) in [6.45, 7) is 6.40. The van der Waals surface area contributed by atoms with Gasteiger partial charge >= 0.3 is 0 Å². The molecule has 25 heavy (non-hydrogen) atoms. The van der Waals surface area contributed by atoms with Gasteiger partial charge in [0, 0.05) is 19.6 Å². The standard InChI is InChI=1S/C21H34N2O2/c1-2-21(25)22-17-18-8-7-9-20(16-18)19-10-13-23(14-11-19)12-5-3-4-6-15-24/h7-9,16,19,24H,2-6,10-15,17H2,1H3,(H,22,25). The van der Waals surface area contributed by atoms with Gasteiger partial charge in [0.05, 0.1) is 0 Å². The summed E-state index contributed by atoms with van der Waals surface area (Å²) in [7, 11) is 0. The Labute approximate surface area is 152 Å². The number of aliphatic hydroxyl groups excluding tert-OH is 1. The Kier molecular flexibility index (Phi) is 8.98. The minimum absolute atomic E-state index is 0.109. The van der Waals surface area contributed by atoms with Gasteiger partial charge in [-0.2, -0.15) is 0 Å². The maximum Gasteiger partial charge on any atom is 0.219 e. The summed E-state index contributed by atoms with van der Waals surface area (Å²) >= 11 is 0. The molecule has 1 aromatic rings. The molecular formula is C21H34N2O2. The predicted molar refractivity (Wildman–Crippen MR) is 103 cm³/mol. The Bertz CT molecular complexity index is 510. The highest BCUT2D eigenvalue weighted by atomic mass is 16.2. The molecule has 0 aliphatic carbocycles. The van der Waals surface area contributed by atoms with Crippen LogP contribution in [0.1, 0.15) is 68.9 Å². The summed E-state index contributed by atoms with van der Waals surface area (Å²) < 4.78 is 0. The average molecular weight is 347 g/mol. The molecule has 4 nitrogen and oxygen atoms in total. The van der Waals surface area contributed by atoms with E-state index in [1.54, 1.807) is 0 Å². The lowest BCUT2D eigenvalue weighted by molar-refractivity contribution is -0.120. The van der Waals surface area contributed by atoms with E-state index in [9.17, 15) is 4.79 Å². The summed E-state index contributed by atoms with van der Waals surface area (Å²) in [4.78, 5) is 14.0. The van der Waals surface area contributed by atoms with Crippen LogP contribution in [0.3, 0.4) is 0 Å². The normalized spacial score (nSPS) is 16.1. The number of hydrogen-bond acceptors (Lipinski definition) is 3. The molecule has 140 valence electrons. The van der Waals surface area contributed by atoms with E-state index in [0.29, 0.717) is 25.5 Å². The summed E-state index contributed by atoms with van der Waals surface area (Å²) in [6, 6.07) is 8.72. The number of rotatable bonds is 10. The molecule has 0 saturated carbocycles. The minimum atomic E-state index is 0.109. The average Bonchev–Trinajstić information content (AvgIpc) is 2.66. The Hall–Kier alpha value is -1.39. The third-order valence-electron chi connectivity index (χ3n) is 5.20. The maximum absolute atomic E-state index is 11.4. The van der Waals surface area contributed by atoms with Gasteiger partial charge in [-0.3, -0.25) is 4.79 Å². The Morgan fingerprint density at radius 2 is 1.96 bits per heavy atom. The molecule has 1 fully saturated rings. The van der Waals surface area contributed by atoms with Crippen molar-refractivity contribution in [1.82, 2.24) is 10.2 Å². The van der Waals surface area contributed by atoms with Gasteiger partial charge in [0.15, 0.2) is 0 Å². The smallest absolute Gasteiger partial charge is 0.219 e. The molecule has 4 heteroatoms. The van der Waals surface area contributed by atoms with Crippen molar-refractivity contribution < 1.29 is 9.90 Å². The van der Waals surface area contributed by atoms with Gasteiger partial charge in [0.25, 0.3) is 0 Å². The van der Waals surface area contributed by atoms with Crippen molar-refractivity contribution in [2.75, 3.05) is 26.2 Å². The number of unbranched alkanes of at least 4 members (excludes halogenated alkanes) is 3. The van der Waals surface area contributed by atoms with E-state index < -0.39 is 0 Å². The number of aliphatic hydroxyl groups is 1. The molecule has 2 N–H and O–H groups in total. The fraction of sp³-hybridized carbons (Fsp3) is 0.667. The molecule has 1 aliphatic rings. The molecule has 1 aromatic carbocycles.